The summed E-state index contributed by atoms with van der Waals surface area (Å²) in [6.45, 7) is 4.76. The molecule has 1 N–H and O–H groups in total. The lowest BCUT2D eigenvalue weighted by molar-refractivity contribution is 0.0951. The second kappa shape index (κ2) is 9.66. The van der Waals surface area contributed by atoms with Crippen molar-refractivity contribution in [2.45, 2.75) is 25.3 Å². The van der Waals surface area contributed by atoms with E-state index < -0.39 is 10.0 Å². The molecular weight excluding hydrogens is 412 g/mol. The Morgan fingerprint density at radius 2 is 1.68 bits per heavy atom. The highest BCUT2D eigenvalue weighted by Gasteiger charge is 2.21. The minimum absolute atomic E-state index is 0.219. The van der Waals surface area contributed by atoms with Gasteiger partial charge in [0.1, 0.15) is 5.75 Å². The minimum atomic E-state index is -3.68. The van der Waals surface area contributed by atoms with Gasteiger partial charge in [0.05, 0.1) is 17.2 Å². The normalized spacial score (nSPS) is 11.1. The molecule has 0 fully saturated rings. The van der Waals surface area contributed by atoms with E-state index in [2.05, 4.69) is 5.32 Å². The van der Waals surface area contributed by atoms with Crippen molar-refractivity contribution in [2.75, 3.05) is 18.0 Å². The second-order valence-corrected chi connectivity index (χ2v) is 9.06. The molecule has 0 saturated heterocycles. The van der Waals surface area contributed by atoms with Crippen LogP contribution in [-0.2, 0) is 16.6 Å². The van der Waals surface area contributed by atoms with E-state index >= 15 is 0 Å². The fraction of sp³-hybridized carbons (Fsp3) is 0.208. The minimum Gasteiger partial charge on any atom is -0.494 e. The van der Waals surface area contributed by atoms with Crippen molar-refractivity contribution < 1.29 is 17.9 Å². The zero-order valence-corrected chi connectivity index (χ0v) is 18.6. The number of hydrogen-bond donors (Lipinski definition) is 1. The standard InChI is InChI=1S/C24H26N2O4S/c1-4-30-22-7-5-6-19(16-22)17-25-24(27)20-10-12-21(13-11-20)26(3)31(28,29)23-14-8-18(2)9-15-23/h5-16H,4,17H2,1-3H3,(H,25,27). The Kier molecular flexibility index (Phi) is 6.97. The molecule has 162 valence electrons. The SMILES string of the molecule is CCOc1cccc(CNC(=O)c2ccc(N(C)S(=O)(=O)c3ccc(C)cc3)cc2)c1. The summed E-state index contributed by atoms with van der Waals surface area (Å²) in [6.07, 6.45) is 0. The van der Waals surface area contributed by atoms with E-state index in [4.69, 9.17) is 4.74 Å². The first-order valence-electron chi connectivity index (χ1n) is 9.97. The number of nitrogens with one attached hydrogen (secondary N) is 1. The largest absolute Gasteiger partial charge is 0.494 e. The number of rotatable bonds is 8. The Morgan fingerprint density at radius 3 is 2.32 bits per heavy atom. The molecule has 3 aromatic rings. The van der Waals surface area contributed by atoms with Crippen LogP contribution in [0.2, 0.25) is 0 Å². The zero-order valence-electron chi connectivity index (χ0n) is 17.8. The van der Waals surface area contributed by atoms with Crippen molar-refractivity contribution >= 4 is 21.6 Å². The summed E-state index contributed by atoms with van der Waals surface area (Å²) in [5.41, 5.74) is 2.84. The number of ether oxygens (including phenoxy) is 1. The first-order valence-corrected chi connectivity index (χ1v) is 11.4. The van der Waals surface area contributed by atoms with E-state index in [9.17, 15) is 13.2 Å². The molecule has 0 heterocycles. The summed E-state index contributed by atoms with van der Waals surface area (Å²) < 4.78 is 32.3. The predicted molar refractivity (Wildman–Crippen MR) is 122 cm³/mol. The van der Waals surface area contributed by atoms with Crippen LogP contribution in [0.3, 0.4) is 0 Å². The molecule has 31 heavy (non-hydrogen) atoms. The molecule has 0 aliphatic rings. The summed E-state index contributed by atoms with van der Waals surface area (Å²) in [5, 5.41) is 2.87. The molecule has 1 amide bonds. The molecule has 0 spiro atoms. The van der Waals surface area contributed by atoms with Gasteiger partial charge in [-0.1, -0.05) is 29.8 Å². The number of carbonyl (C=O) groups is 1. The first kappa shape index (κ1) is 22.4. The number of aryl methyl sites for hydroxylation is 1. The molecule has 0 aliphatic carbocycles. The Morgan fingerprint density at radius 1 is 1.00 bits per heavy atom. The Balaban J connectivity index is 1.67. The number of hydrogen-bond acceptors (Lipinski definition) is 4. The van der Waals surface area contributed by atoms with Gasteiger partial charge in [0.25, 0.3) is 15.9 Å². The third-order valence-corrected chi connectivity index (χ3v) is 6.63. The van der Waals surface area contributed by atoms with E-state index in [0.29, 0.717) is 24.4 Å². The van der Waals surface area contributed by atoms with Crippen molar-refractivity contribution in [3.8, 4) is 5.75 Å². The maximum absolute atomic E-state index is 12.8. The van der Waals surface area contributed by atoms with Crippen LogP contribution in [-0.4, -0.2) is 28.0 Å². The van der Waals surface area contributed by atoms with Crippen LogP contribution >= 0.6 is 0 Å². The number of anilines is 1. The quantitative estimate of drug-likeness (QED) is 0.573. The van der Waals surface area contributed by atoms with Crippen LogP contribution in [0.15, 0.2) is 77.7 Å². The number of carbonyl (C=O) groups excluding carboxylic acids is 1. The van der Waals surface area contributed by atoms with Gasteiger partial charge in [-0.05, 0) is 67.9 Å². The maximum atomic E-state index is 12.8. The van der Waals surface area contributed by atoms with E-state index in [-0.39, 0.29) is 10.8 Å². The van der Waals surface area contributed by atoms with Crippen molar-refractivity contribution in [1.82, 2.24) is 5.32 Å². The van der Waals surface area contributed by atoms with Gasteiger partial charge < -0.3 is 10.1 Å². The van der Waals surface area contributed by atoms with E-state index in [1.54, 1.807) is 48.5 Å². The van der Waals surface area contributed by atoms with Gasteiger partial charge in [0, 0.05) is 19.2 Å². The lowest BCUT2D eigenvalue weighted by atomic mass is 10.1. The summed E-state index contributed by atoms with van der Waals surface area (Å²) in [4.78, 5) is 12.7. The molecule has 7 heteroatoms. The average Bonchev–Trinajstić information content (AvgIpc) is 2.78. The Bertz CT molecular complexity index is 1140. The highest BCUT2D eigenvalue weighted by molar-refractivity contribution is 7.92. The first-order chi connectivity index (χ1) is 14.8. The van der Waals surface area contributed by atoms with Crippen molar-refractivity contribution in [2.24, 2.45) is 0 Å². The smallest absolute Gasteiger partial charge is 0.264 e. The fourth-order valence-electron chi connectivity index (χ4n) is 3.03. The lowest BCUT2D eigenvalue weighted by Gasteiger charge is -2.20. The maximum Gasteiger partial charge on any atom is 0.264 e. The molecule has 0 aliphatic heterocycles. The Labute approximate surface area is 183 Å². The van der Waals surface area contributed by atoms with Crippen molar-refractivity contribution in [1.29, 1.82) is 0 Å². The van der Waals surface area contributed by atoms with Crippen LogP contribution in [0.5, 0.6) is 5.75 Å². The molecule has 0 radical (unpaired) electrons. The zero-order chi connectivity index (χ0) is 22.4. The topological polar surface area (TPSA) is 75.7 Å². The third kappa shape index (κ3) is 5.44. The third-order valence-electron chi connectivity index (χ3n) is 4.84. The summed E-state index contributed by atoms with van der Waals surface area (Å²) >= 11 is 0. The molecule has 3 rings (SSSR count). The Hall–Kier alpha value is -3.32. The summed E-state index contributed by atoms with van der Waals surface area (Å²) in [6, 6.07) is 20.7. The number of sulfonamides is 1. The van der Waals surface area contributed by atoms with Gasteiger partial charge in [-0.2, -0.15) is 0 Å². The van der Waals surface area contributed by atoms with Gasteiger partial charge in [0.2, 0.25) is 0 Å². The molecular formula is C24H26N2O4S. The molecule has 6 nitrogen and oxygen atoms in total. The van der Waals surface area contributed by atoms with Crippen LogP contribution < -0.4 is 14.4 Å². The second-order valence-electron chi connectivity index (χ2n) is 7.10. The molecule has 0 bridgehead atoms. The fourth-order valence-corrected chi connectivity index (χ4v) is 4.22. The highest BCUT2D eigenvalue weighted by atomic mass is 32.2. The number of amides is 1. The number of nitrogens with zero attached hydrogens (tertiary/aromatic N) is 1. The van der Waals surface area contributed by atoms with Gasteiger partial charge in [-0.15, -0.1) is 0 Å². The summed E-state index contributed by atoms with van der Waals surface area (Å²) in [7, 11) is -2.18. The van der Waals surface area contributed by atoms with Crippen LogP contribution in [0.4, 0.5) is 5.69 Å². The van der Waals surface area contributed by atoms with Crippen LogP contribution in [0.25, 0.3) is 0 Å². The molecule has 0 saturated carbocycles. The highest BCUT2D eigenvalue weighted by Crippen LogP contribution is 2.23. The van der Waals surface area contributed by atoms with Gasteiger partial charge >= 0.3 is 0 Å². The van der Waals surface area contributed by atoms with E-state index in [1.807, 2.05) is 38.1 Å². The molecule has 0 atom stereocenters. The van der Waals surface area contributed by atoms with Gasteiger partial charge in [0.15, 0.2) is 0 Å². The molecule has 0 unspecified atom stereocenters. The summed E-state index contributed by atoms with van der Waals surface area (Å²) in [5.74, 6) is 0.522. The van der Waals surface area contributed by atoms with E-state index in [0.717, 1.165) is 16.9 Å². The average molecular weight is 439 g/mol. The van der Waals surface area contributed by atoms with Gasteiger partial charge in [-0.25, -0.2) is 8.42 Å². The number of benzene rings is 3. The monoisotopic (exact) mass is 438 g/mol. The van der Waals surface area contributed by atoms with Crippen LogP contribution in [0, 0.1) is 6.92 Å². The molecule has 0 aromatic heterocycles. The van der Waals surface area contributed by atoms with Crippen LogP contribution in [0.1, 0.15) is 28.4 Å². The van der Waals surface area contributed by atoms with Crippen molar-refractivity contribution in [3.05, 3.63) is 89.5 Å². The molecule has 3 aromatic carbocycles. The predicted octanol–water partition coefficient (Wildman–Crippen LogP) is 4.15. The van der Waals surface area contributed by atoms with Gasteiger partial charge in [-0.3, -0.25) is 9.10 Å². The van der Waals surface area contributed by atoms with E-state index in [1.165, 1.54) is 11.4 Å². The van der Waals surface area contributed by atoms with Crippen molar-refractivity contribution in [3.63, 3.8) is 0 Å². The lowest BCUT2D eigenvalue weighted by Crippen LogP contribution is -2.27.